The van der Waals surface area contributed by atoms with E-state index in [1.807, 2.05) is 0 Å². The predicted molar refractivity (Wildman–Crippen MR) is 255 cm³/mol. The lowest BCUT2D eigenvalue weighted by molar-refractivity contribution is 0.670. The van der Waals surface area contributed by atoms with Gasteiger partial charge in [0.2, 0.25) is 0 Å². The van der Waals surface area contributed by atoms with Gasteiger partial charge in [-0.1, -0.05) is 170 Å². The monoisotopic (exact) mass is 763 g/mol. The van der Waals surface area contributed by atoms with E-state index in [0.717, 1.165) is 50.1 Å². The van der Waals surface area contributed by atoms with Crippen LogP contribution in [0.25, 0.3) is 98.4 Å². The molecule has 1 aromatic heterocycles. The van der Waals surface area contributed by atoms with Crippen LogP contribution in [0, 0.1) is 0 Å². The van der Waals surface area contributed by atoms with Gasteiger partial charge >= 0.3 is 0 Å². The predicted octanol–water partition coefficient (Wildman–Crippen LogP) is 16.7. The molecule has 0 saturated carbocycles. The van der Waals surface area contributed by atoms with E-state index in [0.29, 0.717) is 0 Å². The molecule has 60 heavy (non-hydrogen) atoms. The molecule has 2 heteroatoms. The fourth-order valence-electron chi connectivity index (χ4n) is 9.37. The van der Waals surface area contributed by atoms with E-state index in [1.54, 1.807) is 0 Å². The third-order valence-electron chi connectivity index (χ3n) is 12.2. The lowest BCUT2D eigenvalue weighted by atomic mass is 9.90. The maximum Gasteiger partial charge on any atom is 0.143 e. The van der Waals surface area contributed by atoms with Crippen molar-refractivity contribution in [2.45, 2.75) is 0 Å². The quantitative estimate of drug-likeness (QED) is 0.157. The SMILES string of the molecule is c1ccc(-c2ccc(N(c3ccc(-c4ccccc4)cc3)c3ccc4oc5c(-c6ccc7c8ccccc8c8ccccc8c7c6)c6ccccc6cc5c4c3)cc2)cc1. The molecule has 12 aromatic rings. The van der Waals surface area contributed by atoms with Gasteiger partial charge in [-0.2, -0.15) is 0 Å². The first-order valence-corrected chi connectivity index (χ1v) is 20.6. The Morgan fingerprint density at radius 2 is 0.717 bits per heavy atom. The second-order valence-electron chi connectivity index (χ2n) is 15.6. The molecule has 0 spiro atoms. The molecular formula is C58H37NO. The number of hydrogen-bond acceptors (Lipinski definition) is 2. The van der Waals surface area contributed by atoms with E-state index >= 15 is 0 Å². The van der Waals surface area contributed by atoms with E-state index in [4.69, 9.17) is 4.42 Å². The molecule has 0 aliphatic carbocycles. The Hall–Kier alpha value is -7.94. The molecule has 12 rings (SSSR count). The van der Waals surface area contributed by atoms with Gasteiger partial charge in [0.15, 0.2) is 0 Å². The summed E-state index contributed by atoms with van der Waals surface area (Å²) in [6.07, 6.45) is 0. The van der Waals surface area contributed by atoms with Gasteiger partial charge in [-0.3, -0.25) is 0 Å². The standard InChI is InChI=1S/C58H37NO/c1-3-13-38(14-4-1)40-23-28-44(29-24-40)59(45-30-25-41(26-31-45)39-15-5-2-6-16-39)46-32-34-56-54(37-46)55-35-42-17-7-8-18-47(42)57(58(55)60-56)43-27-33-52-50-21-10-9-19-48(50)49-20-11-12-22-51(49)53(52)36-43/h1-37H. The summed E-state index contributed by atoms with van der Waals surface area (Å²) in [6, 6.07) is 81.1. The Bertz CT molecular complexity index is 3450. The Morgan fingerprint density at radius 1 is 0.267 bits per heavy atom. The molecule has 0 N–H and O–H groups in total. The number of rotatable bonds is 6. The van der Waals surface area contributed by atoms with Crippen molar-refractivity contribution in [1.29, 1.82) is 0 Å². The Morgan fingerprint density at radius 3 is 1.30 bits per heavy atom. The number of fused-ring (bicyclic) bond motifs is 10. The molecule has 0 fully saturated rings. The maximum absolute atomic E-state index is 6.97. The average Bonchev–Trinajstić information content (AvgIpc) is 3.69. The molecule has 0 atom stereocenters. The van der Waals surface area contributed by atoms with Gasteiger partial charge in [-0.05, 0) is 126 Å². The lowest BCUT2D eigenvalue weighted by Crippen LogP contribution is -2.09. The first-order valence-electron chi connectivity index (χ1n) is 20.6. The zero-order chi connectivity index (χ0) is 39.6. The van der Waals surface area contributed by atoms with Crippen LogP contribution in [0.4, 0.5) is 17.1 Å². The summed E-state index contributed by atoms with van der Waals surface area (Å²) in [5, 5.41) is 12.1. The van der Waals surface area contributed by atoms with Crippen molar-refractivity contribution in [2.75, 3.05) is 4.90 Å². The second kappa shape index (κ2) is 13.9. The zero-order valence-corrected chi connectivity index (χ0v) is 32.7. The number of furan rings is 1. The minimum absolute atomic E-state index is 0.862. The summed E-state index contributed by atoms with van der Waals surface area (Å²) in [5.74, 6) is 0. The fourth-order valence-corrected chi connectivity index (χ4v) is 9.37. The van der Waals surface area contributed by atoms with Crippen molar-refractivity contribution in [3.8, 4) is 33.4 Å². The van der Waals surface area contributed by atoms with E-state index in [2.05, 4.69) is 229 Å². The highest BCUT2D eigenvalue weighted by Gasteiger charge is 2.20. The summed E-state index contributed by atoms with van der Waals surface area (Å²) in [6.45, 7) is 0. The number of anilines is 3. The van der Waals surface area contributed by atoms with Crippen LogP contribution in [0.3, 0.4) is 0 Å². The molecule has 11 aromatic carbocycles. The van der Waals surface area contributed by atoms with Crippen molar-refractivity contribution >= 4 is 82.1 Å². The molecule has 0 saturated heterocycles. The van der Waals surface area contributed by atoms with Crippen LogP contribution in [0.2, 0.25) is 0 Å². The van der Waals surface area contributed by atoms with E-state index < -0.39 is 0 Å². The summed E-state index contributed by atoms with van der Waals surface area (Å²) < 4.78 is 6.97. The van der Waals surface area contributed by atoms with Crippen LogP contribution in [0.1, 0.15) is 0 Å². The molecule has 0 unspecified atom stereocenters. The van der Waals surface area contributed by atoms with E-state index in [1.165, 1.54) is 65.3 Å². The van der Waals surface area contributed by atoms with Crippen molar-refractivity contribution in [3.63, 3.8) is 0 Å². The number of benzene rings is 11. The molecule has 1 heterocycles. The molecular weight excluding hydrogens is 727 g/mol. The number of nitrogens with zero attached hydrogens (tertiary/aromatic N) is 1. The van der Waals surface area contributed by atoms with Crippen LogP contribution in [0.15, 0.2) is 229 Å². The van der Waals surface area contributed by atoms with Gasteiger partial charge in [0, 0.05) is 33.4 Å². The Labute approximate surface area is 347 Å². The van der Waals surface area contributed by atoms with Gasteiger partial charge in [-0.15, -0.1) is 0 Å². The van der Waals surface area contributed by atoms with Gasteiger partial charge in [0.05, 0.1) is 0 Å². The van der Waals surface area contributed by atoms with Crippen LogP contribution in [-0.2, 0) is 0 Å². The highest BCUT2D eigenvalue weighted by molar-refractivity contribution is 6.27. The zero-order valence-electron chi connectivity index (χ0n) is 32.7. The van der Waals surface area contributed by atoms with Crippen LogP contribution < -0.4 is 4.90 Å². The van der Waals surface area contributed by atoms with Gasteiger partial charge in [0.1, 0.15) is 11.2 Å². The molecule has 2 nitrogen and oxygen atoms in total. The molecule has 280 valence electrons. The highest BCUT2D eigenvalue weighted by atomic mass is 16.3. The summed E-state index contributed by atoms with van der Waals surface area (Å²) >= 11 is 0. The van der Waals surface area contributed by atoms with Crippen molar-refractivity contribution in [1.82, 2.24) is 0 Å². The minimum atomic E-state index is 0.862. The fraction of sp³-hybridized carbons (Fsp3) is 0. The lowest BCUT2D eigenvalue weighted by Gasteiger charge is -2.26. The van der Waals surface area contributed by atoms with E-state index in [-0.39, 0.29) is 0 Å². The minimum Gasteiger partial charge on any atom is -0.455 e. The van der Waals surface area contributed by atoms with Gasteiger partial charge in [0.25, 0.3) is 0 Å². The molecule has 0 bridgehead atoms. The molecule has 0 amide bonds. The third-order valence-corrected chi connectivity index (χ3v) is 12.2. The van der Waals surface area contributed by atoms with Gasteiger partial charge < -0.3 is 9.32 Å². The van der Waals surface area contributed by atoms with Crippen molar-refractivity contribution in [3.05, 3.63) is 224 Å². The van der Waals surface area contributed by atoms with E-state index in [9.17, 15) is 0 Å². The first-order chi connectivity index (χ1) is 29.7. The molecule has 0 aliphatic heterocycles. The molecule has 0 aliphatic rings. The number of hydrogen-bond donors (Lipinski definition) is 0. The first kappa shape index (κ1) is 34.1. The summed E-state index contributed by atoms with van der Waals surface area (Å²) in [4.78, 5) is 2.35. The van der Waals surface area contributed by atoms with Crippen molar-refractivity contribution < 1.29 is 4.42 Å². The Balaban J connectivity index is 1.05. The van der Waals surface area contributed by atoms with Crippen LogP contribution in [0.5, 0.6) is 0 Å². The van der Waals surface area contributed by atoms with Crippen LogP contribution in [-0.4, -0.2) is 0 Å². The smallest absolute Gasteiger partial charge is 0.143 e. The maximum atomic E-state index is 6.97. The second-order valence-corrected chi connectivity index (χ2v) is 15.6. The summed E-state index contributed by atoms with van der Waals surface area (Å²) in [5.41, 5.74) is 12.0. The van der Waals surface area contributed by atoms with Crippen LogP contribution >= 0.6 is 0 Å². The average molecular weight is 764 g/mol. The largest absolute Gasteiger partial charge is 0.455 e. The van der Waals surface area contributed by atoms with Gasteiger partial charge in [-0.25, -0.2) is 0 Å². The summed E-state index contributed by atoms with van der Waals surface area (Å²) in [7, 11) is 0. The Kier molecular flexibility index (Phi) is 7.89. The highest BCUT2D eigenvalue weighted by Crippen LogP contribution is 2.46. The molecule has 0 radical (unpaired) electrons. The topological polar surface area (TPSA) is 16.4 Å². The normalized spacial score (nSPS) is 11.7. The van der Waals surface area contributed by atoms with Crippen molar-refractivity contribution in [2.24, 2.45) is 0 Å². The third kappa shape index (κ3) is 5.57.